The minimum Gasteiger partial charge on any atom is -0.504 e. The van der Waals surface area contributed by atoms with E-state index in [0.717, 1.165) is 12.1 Å². The van der Waals surface area contributed by atoms with Crippen molar-refractivity contribution >= 4 is 34.8 Å². The van der Waals surface area contributed by atoms with Crippen molar-refractivity contribution in [1.82, 2.24) is 4.98 Å². The van der Waals surface area contributed by atoms with Crippen LogP contribution in [0.1, 0.15) is 24.0 Å². The molecule has 0 amide bonds. The van der Waals surface area contributed by atoms with Crippen molar-refractivity contribution in [3.63, 3.8) is 0 Å². The van der Waals surface area contributed by atoms with Crippen LogP contribution >= 0.6 is 23.2 Å². The van der Waals surface area contributed by atoms with Crippen LogP contribution in [0.5, 0.6) is 5.75 Å². The zero-order valence-electron chi connectivity index (χ0n) is 16.6. The Bertz CT molecular complexity index is 1200. The molecule has 2 aromatic rings. The first-order valence-corrected chi connectivity index (χ1v) is 10.6. The second-order valence-corrected chi connectivity index (χ2v) is 9.33. The number of Topliss-reactive ketones (excluding diaryl/α,β-unsaturated/α-hetero) is 2. The molecule has 4 atom stereocenters. The molecule has 0 radical (unpaired) electrons. The van der Waals surface area contributed by atoms with Crippen LogP contribution in [0.4, 0.5) is 13.2 Å². The summed E-state index contributed by atoms with van der Waals surface area (Å²) in [4.78, 5) is 31.3. The Balaban J connectivity index is 1.58. The summed E-state index contributed by atoms with van der Waals surface area (Å²) in [5, 5.41) is 10.2. The van der Waals surface area contributed by atoms with Crippen molar-refractivity contribution in [2.75, 3.05) is 0 Å². The Morgan fingerprint density at radius 1 is 1.12 bits per heavy atom. The Morgan fingerprint density at radius 2 is 1.73 bits per heavy atom. The summed E-state index contributed by atoms with van der Waals surface area (Å²) in [5.41, 5.74) is 6.36. The predicted octanol–water partition coefficient (Wildman–Crippen LogP) is 3.80. The van der Waals surface area contributed by atoms with Crippen LogP contribution in [-0.4, -0.2) is 44.4 Å². The normalized spacial score (nSPS) is 32.7. The molecule has 1 spiro atoms. The molecular formula is C21H14Cl2F3N3O4. The van der Waals surface area contributed by atoms with Gasteiger partial charge in [0.15, 0.2) is 0 Å². The van der Waals surface area contributed by atoms with Gasteiger partial charge in [0.25, 0.3) is 5.78 Å². The lowest BCUT2D eigenvalue weighted by Gasteiger charge is -2.44. The number of ketones is 2. The summed E-state index contributed by atoms with van der Waals surface area (Å²) in [5.74, 6) is -1.66. The van der Waals surface area contributed by atoms with E-state index in [2.05, 4.69) is 9.72 Å². The summed E-state index contributed by atoms with van der Waals surface area (Å²) in [7, 11) is 0. The summed E-state index contributed by atoms with van der Waals surface area (Å²) >= 11 is 11.9. The van der Waals surface area contributed by atoms with Gasteiger partial charge in [0.2, 0.25) is 11.3 Å². The third-order valence-electron chi connectivity index (χ3n) is 6.90. The Kier molecular flexibility index (Phi) is 4.54. The molecule has 172 valence electrons. The Labute approximate surface area is 194 Å². The molecule has 2 unspecified atom stereocenters. The number of aliphatic hydroxyl groups excluding tert-OH is 1. The number of aromatic nitrogens is 1. The molecule has 2 aliphatic carbocycles. The lowest BCUT2D eigenvalue weighted by Crippen LogP contribution is -2.70. The number of rotatable bonds is 4. The van der Waals surface area contributed by atoms with Crippen LogP contribution < -0.4 is 4.74 Å². The van der Waals surface area contributed by atoms with Crippen LogP contribution in [0.15, 0.2) is 36.4 Å². The second-order valence-electron chi connectivity index (χ2n) is 8.55. The zero-order chi connectivity index (χ0) is 24.0. The highest BCUT2D eigenvalue weighted by Gasteiger charge is 2.96. The van der Waals surface area contributed by atoms with Gasteiger partial charge in [0, 0.05) is 12.0 Å². The minimum absolute atomic E-state index is 0.0628. The fourth-order valence-corrected chi connectivity index (χ4v) is 6.30. The van der Waals surface area contributed by atoms with Crippen LogP contribution in [0.3, 0.4) is 0 Å². The highest BCUT2D eigenvalue weighted by atomic mass is 35.5. The van der Waals surface area contributed by atoms with Crippen molar-refractivity contribution in [1.29, 1.82) is 0 Å². The number of benzene rings is 1. The molecule has 2 bridgehead atoms. The zero-order valence-corrected chi connectivity index (χ0v) is 18.1. The molecule has 1 aromatic carbocycles. The first-order valence-electron chi connectivity index (χ1n) is 9.82. The molecule has 2 aliphatic heterocycles. The summed E-state index contributed by atoms with van der Waals surface area (Å²) in [6.07, 6.45) is -6.26. The topological polar surface area (TPSA) is 102 Å². The average Bonchev–Trinajstić information content (AvgIpc) is 3.15. The van der Waals surface area contributed by atoms with E-state index >= 15 is 0 Å². The van der Waals surface area contributed by atoms with E-state index in [-0.39, 0.29) is 35.1 Å². The molecule has 2 saturated carbocycles. The largest absolute Gasteiger partial charge is 0.573 e. The summed E-state index contributed by atoms with van der Waals surface area (Å²) in [6, 6.07) is 7.42. The second kappa shape index (κ2) is 6.74. The molecule has 1 aromatic heterocycles. The molecule has 3 heterocycles. The van der Waals surface area contributed by atoms with E-state index in [1.807, 2.05) is 0 Å². The lowest BCUT2D eigenvalue weighted by molar-refractivity contribution is -0.693. The van der Waals surface area contributed by atoms with E-state index in [9.17, 15) is 33.4 Å². The molecule has 7 nitrogen and oxygen atoms in total. The standard InChI is InChI=1S/C21H14Cl2F3N3O4/c22-14-5-11(6-15(23)28-14)20-16(31)18(8-12(30)9-19(18,17(20)32)29(20)27)7-10-1-3-13(4-2-10)33-21(24,25)26/h1-6,12,30H,7-9H2/t12-,18+,19?,20?/m1/s1. The maximum atomic E-state index is 13.9. The van der Waals surface area contributed by atoms with Crippen molar-refractivity contribution in [2.24, 2.45) is 5.41 Å². The van der Waals surface area contributed by atoms with E-state index < -0.39 is 46.3 Å². The maximum absolute atomic E-state index is 13.9. The average molecular weight is 500 g/mol. The van der Waals surface area contributed by atoms with Crippen LogP contribution in [0, 0.1) is 5.41 Å². The van der Waals surface area contributed by atoms with Gasteiger partial charge < -0.3 is 15.4 Å². The molecule has 33 heavy (non-hydrogen) atoms. The van der Waals surface area contributed by atoms with Gasteiger partial charge in [0.05, 0.1) is 6.10 Å². The van der Waals surface area contributed by atoms with Gasteiger partial charge in [-0.05, 0) is 42.7 Å². The van der Waals surface area contributed by atoms with Crippen molar-refractivity contribution < 1.29 is 37.3 Å². The van der Waals surface area contributed by atoms with Gasteiger partial charge in [0.1, 0.15) is 21.5 Å². The molecule has 2 saturated heterocycles. The van der Waals surface area contributed by atoms with E-state index in [0.29, 0.717) is 10.3 Å². The van der Waals surface area contributed by atoms with Crippen molar-refractivity contribution in [3.8, 4) is 5.75 Å². The number of carbonyl (C=O) groups excluding carboxylic acids is 2. The SMILES string of the molecule is [N-]=[N+]1C2(c3cc(Cl)nc(Cl)c3)C(=O)C13C[C@H](O)C[C@@]3(Cc1ccc(OC(F)(F)F)cc1)C2=O. The molecule has 4 fully saturated rings. The number of hydrogen-bond donors (Lipinski definition) is 1. The van der Waals surface area contributed by atoms with Crippen LogP contribution in [0.25, 0.3) is 5.53 Å². The molecular weight excluding hydrogens is 486 g/mol. The van der Waals surface area contributed by atoms with Gasteiger partial charge in [-0.15, -0.1) is 13.2 Å². The third kappa shape index (κ3) is 2.71. The first kappa shape index (κ1) is 22.2. The molecule has 6 rings (SSSR count). The summed E-state index contributed by atoms with van der Waals surface area (Å²) in [6.45, 7) is 0. The van der Waals surface area contributed by atoms with Gasteiger partial charge in [-0.1, -0.05) is 35.3 Å². The van der Waals surface area contributed by atoms with E-state index in [4.69, 9.17) is 23.2 Å². The molecule has 12 heteroatoms. The van der Waals surface area contributed by atoms with Crippen molar-refractivity contribution in [2.45, 2.75) is 42.8 Å². The smallest absolute Gasteiger partial charge is 0.504 e. The summed E-state index contributed by atoms with van der Waals surface area (Å²) < 4.78 is 41.9. The fourth-order valence-electron chi connectivity index (χ4n) is 5.84. The number of carbonyl (C=O) groups is 2. The maximum Gasteiger partial charge on any atom is 0.573 e. The quantitative estimate of drug-likeness (QED) is 0.391. The van der Waals surface area contributed by atoms with Crippen molar-refractivity contribution in [3.05, 3.63) is 63.4 Å². The molecule has 1 N–H and O–H groups in total. The van der Waals surface area contributed by atoms with Gasteiger partial charge in [-0.3, -0.25) is 14.3 Å². The minimum atomic E-state index is -4.86. The number of aliphatic hydroxyl groups is 1. The monoisotopic (exact) mass is 499 g/mol. The number of halogens is 5. The number of alkyl halides is 3. The van der Waals surface area contributed by atoms with Crippen LogP contribution in [-0.2, 0) is 21.5 Å². The van der Waals surface area contributed by atoms with E-state index in [1.54, 1.807) is 0 Å². The van der Waals surface area contributed by atoms with Gasteiger partial charge in [-0.2, -0.15) is 0 Å². The van der Waals surface area contributed by atoms with Gasteiger partial charge in [-0.25, -0.2) is 4.98 Å². The lowest BCUT2D eigenvalue weighted by atomic mass is 9.68. The highest BCUT2D eigenvalue weighted by Crippen LogP contribution is 2.71. The predicted molar refractivity (Wildman–Crippen MR) is 107 cm³/mol. The van der Waals surface area contributed by atoms with Crippen LogP contribution in [0.2, 0.25) is 10.3 Å². The fraction of sp³-hybridized carbons (Fsp3) is 0.381. The third-order valence-corrected chi connectivity index (χ3v) is 7.28. The Morgan fingerprint density at radius 3 is 2.27 bits per heavy atom. The van der Waals surface area contributed by atoms with Gasteiger partial charge >= 0.3 is 11.9 Å². The van der Waals surface area contributed by atoms with E-state index in [1.165, 1.54) is 24.3 Å². The highest BCUT2D eigenvalue weighted by molar-refractivity contribution is 6.33. The number of nitrogens with zero attached hydrogens (tertiary/aromatic N) is 3. The number of ether oxygens (including phenoxy) is 1. The first-order chi connectivity index (χ1) is 15.4. The number of pyridine rings is 1. The Hall–Kier alpha value is -2.56. The molecule has 4 aliphatic rings. The number of hydrogen-bond acceptors (Lipinski definition) is 5.